The van der Waals surface area contributed by atoms with Crippen LogP contribution in [-0.4, -0.2) is 16.8 Å². The van der Waals surface area contributed by atoms with E-state index in [1.807, 2.05) is 13.0 Å². The van der Waals surface area contributed by atoms with Crippen LogP contribution in [0.25, 0.3) is 0 Å². The molecule has 11 heavy (non-hydrogen) atoms. The monoisotopic (exact) mass is 156 g/mol. The Kier molecular flexibility index (Phi) is 2.52. The molecule has 0 radical (unpaired) electrons. The second-order valence-electron chi connectivity index (χ2n) is 3.09. The SMILES string of the molecule is Cc1cc(OCC(C)C)n[nH]1.[HH]. The smallest absolute Gasteiger partial charge is 0.232 e. The molecule has 1 aromatic rings. The fourth-order valence-corrected chi connectivity index (χ4v) is 0.719. The lowest BCUT2D eigenvalue weighted by atomic mass is 10.2. The van der Waals surface area contributed by atoms with Crippen molar-refractivity contribution in [1.82, 2.24) is 10.2 Å². The number of aromatic amines is 1. The maximum absolute atomic E-state index is 5.35. The molecule has 0 aliphatic heterocycles. The van der Waals surface area contributed by atoms with Crippen LogP contribution in [0.2, 0.25) is 0 Å². The van der Waals surface area contributed by atoms with Crippen molar-refractivity contribution in [2.45, 2.75) is 20.8 Å². The Morgan fingerprint density at radius 3 is 2.91 bits per heavy atom. The normalized spacial score (nSPS) is 10.5. The summed E-state index contributed by atoms with van der Waals surface area (Å²) in [5.74, 6) is 1.24. The van der Waals surface area contributed by atoms with Crippen molar-refractivity contribution in [3.63, 3.8) is 0 Å². The number of nitrogens with zero attached hydrogens (tertiary/aromatic N) is 1. The van der Waals surface area contributed by atoms with Gasteiger partial charge in [-0.25, -0.2) is 0 Å². The third-order valence-electron chi connectivity index (χ3n) is 1.25. The van der Waals surface area contributed by atoms with Crippen molar-refractivity contribution in [2.24, 2.45) is 5.92 Å². The Hall–Kier alpha value is -0.990. The minimum atomic E-state index is 0. The van der Waals surface area contributed by atoms with Crippen molar-refractivity contribution in [1.29, 1.82) is 0 Å². The van der Waals surface area contributed by atoms with Gasteiger partial charge in [0.05, 0.1) is 6.61 Å². The molecular formula is C8H16N2O. The van der Waals surface area contributed by atoms with Gasteiger partial charge in [0, 0.05) is 13.2 Å². The number of H-pyrrole nitrogens is 1. The van der Waals surface area contributed by atoms with Crippen molar-refractivity contribution in [3.8, 4) is 5.88 Å². The maximum Gasteiger partial charge on any atom is 0.232 e. The van der Waals surface area contributed by atoms with Crippen LogP contribution < -0.4 is 4.74 Å². The molecule has 64 valence electrons. The predicted octanol–water partition coefficient (Wildman–Crippen LogP) is 2.00. The van der Waals surface area contributed by atoms with Gasteiger partial charge in [-0.15, -0.1) is 5.10 Å². The molecule has 1 heterocycles. The van der Waals surface area contributed by atoms with Gasteiger partial charge in [-0.3, -0.25) is 5.10 Å². The number of nitrogens with one attached hydrogen (secondary N) is 1. The molecule has 0 saturated carbocycles. The first-order valence-electron chi connectivity index (χ1n) is 3.83. The van der Waals surface area contributed by atoms with Crippen molar-refractivity contribution in [3.05, 3.63) is 11.8 Å². The first-order chi connectivity index (χ1) is 5.18. The van der Waals surface area contributed by atoms with Gasteiger partial charge in [0.15, 0.2) is 0 Å². The van der Waals surface area contributed by atoms with E-state index >= 15 is 0 Å². The van der Waals surface area contributed by atoms with Gasteiger partial charge in [0.25, 0.3) is 0 Å². The van der Waals surface area contributed by atoms with Gasteiger partial charge in [0.2, 0.25) is 5.88 Å². The summed E-state index contributed by atoms with van der Waals surface area (Å²) >= 11 is 0. The zero-order valence-electron chi connectivity index (χ0n) is 7.22. The molecule has 0 aromatic carbocycles. The first-order valence-corrected chi connectivity index (χ1v) is 3.83. The molecule has 0 fully saturated rings. The van der Waals surface area contributed by atoms with Gasteiger partial charge < -0.3 is 4.74 Å². The summed E-state index contributed by atoms with van der Waals surface area (Å²) in [6.45, 7) is 6.90. The van der Waals surface area contributed by atoms with Gasteiger partial charge in [-0.1, -0.05) is 13.8 Å². The molecule has 1 rings (SSSR count). The molecule has 0 unspecified atom stereocenters. The van der Waals surface area contributed by atoms with Crippen molar-refractivity contribution < 1.29 is 6.16 Å². The Morgan fingerprint density at radius 1 is 1.73 bits per heavy atom. The third-order valence-corrected chi connectivity index (χ3v) is 1.25. The first kappa shape index (κ1) is 8.11. The summed E-state index contributed by atoms with van der Waals surface area (Å²) in [5, 5.41) is 6.76. The second-order valence-corrected chi connectivity index (χ2v) is 3.09. The molecule has 0 spiro atoms. The Bertz CT molecular complexity index is 223. The van der Waals surface area contributed by atoms with Crippen LogP contribution in [0.4, 0.5) is 0 Å². The van der Waals surface area contributed by atoms with Crippen LogP contribution in [0, 0.1) is 12.8 Å². The van der Waals surface area contributed by atoms with E-state index in [0.29, 0.717) is 11.8 Å². The van der Waals surface area contributed by atoms with E-state index in [2.05, 4.69) is 24.0 Å². The zero-order valence-corrected chi connectivity index (χ0v) is 7.22. The average Bonchev–Trinajstić information content (AvgIpc) is 2.31. The molecule has 0 bridgehead atoms. The largest absolute Gasteiger partial charge is 0.476 e. The minimum absolute atomic E-state index is 0. The van der Waals surface area contributed by atoms with Crippen LogP contribution in [0.5, 0.6) is 5.88 Å². The molecule has 0 atom stereocenters. The molecule has 3 heteroatoms. The van der Waals surface area contributed by atoms with E-state index in [4.69, 9.17) is 4.74 Å². The molecule has 0 aliphatic rings. The summed E-state index contributed by atoms with van der Waals surface area (Å²) in [7, 11) is 0. The number of hydrogen-bond acceptors (Lipinski definition) is 2. The van der Waals surface area contributed by atoms with Gasteiger partial charge in [0.1, 0.15) is 0 Å². The molecule has 0 saturated heterocycles. The lowest BCUT2D eigenvalue weighted by Gasteiger charge is -2.03. The van der Waals surface area contributed by atoms with Crippen molar-refractivity contribution in [2.75, 3.05) is 6.61 Å². The Morgan fingerprint density at radius 2 is 2.45 bits per heavy atom. The average molecular weight is 156 g/mol. The number of hydrogen-bond donors (Lipinski definition) is 1. The molecule has 0 aliphatic carbocycles. The number of ether oxygens (including phenoxy) is 1. The van der Waals surface area contributed by atoms with E-state index < -0.39 is 0 Å². The highest BCUT2D eigenvalue weighted by atomic mass is 16.5. The zero-order chi connectivity index (χ0) is 8.27. The molecule has 3 nitrogen and oxygen atoms in total. The quantitative estimate of drug-likeness (QED) is 0.726. The molecule has 0 amide bonds. The highest BCUT2D eigenvalue weighted by Gasteiger charge is 1.99. The summed E-state index contributed by atoms with van der Waals surface area (Å²) < 4.78 is 5.35. The Balaban J connectivity index is 0.00000121. The van der Waals surface area contributed by atoms with Crippen LogP contribution in [0.15, 0.2) is 6.07 Å². The van der Waals surface area contributed by atoms with E-state index in [9.17, 15) is 0 Å². The number of rotatable bonds is 3. The summed E-state index contributed by atoms with van der Waals surface area (Å²) in [4.78, 5) is 0. The maximum atomic E-state index is 5.35. The summed E-state index contributed by atoms with van der Waals surface area (Å²) in [5.41, 5.74) is 1.03. The molecule has 1 aromatic heterocycles. The van der Waals surface area contributed by atoms with Crippen LogP contribution in [-0.2, 0) is 0 Å². The fraction of sp³-hybridized carbons (Fsp3) is 0.625. The highest BCUT2D eigenvalue weighted by molar-refractivity contribution is 5.12. The van der Waals surface area contributed by atoms with Crippen LogP contribution in [0.1, 0.15) is 21.0 Å². The van der Waals surface area contributed by atoms with Crippen LogP contribution in [0.3, 0.4) is 0 Å². The highest BCUT2D eigenvalue weighted by Crippen LogP contribution is 2.07. The number of aryl methyl sites for hydroxylation is 1. The summed E-state index contributed by atoms with van der Waals surface area (Å²) in [6, 6.07) is 1.89. The van der Waals surface area contributed by atoms with Crippen LogP contribution >= 0.6 is 0 Å². The second kappa shape index (κ2) is 3.42. The van der Waals surface area contributed by atoms with E-state index in [1.54, 1.807) is 0 Å². The topological polar surface area (TPSA) is 37.9 Å². The Labute approximate surface area is 68.3 Å². The lowest BCUT2D eigenvalue weighted by Crippen LogP contribution is -2.04. The number of aromatic nitrogens is 2. The van der Waals surface area contributed by atoms with Crippen molar-refractivity contribution >= 4 is 0 Å². The van der Waals surface area contributed by atoms with E-state index in [-0.39, 0.29) is 1.43 Å². The minimum Gasteiger partial charge on any atom is -0.476 e. The van der Waals surface area contributed by atoms with E-state index in [1.165, 1.54) is 0 Å². The van der Waals surface area contributed by atoms with Gasteiger partial charge in [-0.2, -0.15) is 0 Å². The van der Waals surface area contributed by atoms with Gasteiger partial charge >= 0.3 is 0 Å². The lowest BCUT2D eigenvalue weighted by molar-refractivity contribution is 0.261. The van der Waals surface area contributed by atoms with Gasteiger partial charge in [-0.05, 0) is 12.8 Å². The predicted molar refractivity (Wildman–Crippen MR) is 45.8 cm³/mol. The standard InChI is InChI=1S/C8H14N2O.H2/c1-6(2)5-11-8-4-7(3)9-10-8;/h4,6H,5H2,1-3H3,(H,9,10);1H. The third kappa shape index (κ3) is 2.62. The van der Waals surface area contributed by atoms with E-state index in [0.717, 1.165) is 12.3 Å². The summed E-state index contributed by atoms with van der Waals surface area (Å²) in [6.07, 6.45) is 0. The molecular weight excluding hydrogens is 140 g/mol. The molecule has 1 N–H and O–H groups in total. The fourth-order valence-electron chi connectivity index (χ4n) is 0.719.